The van der Waals surface area contributed by atoms with Gasteiger partial charge in [-0.05, 0) is 50.8 Å². The van der Waals surface area contributed by atoms with E-state index in [9.17, 15) is 13.2 Å². The summed E-state index contributed by atoms with van der Waals surface area (Å²) in [6.07, 6.45) is 5.38. The Morgan fingerprint density at radius 3 is 2.42 bits per heavy atom. The van der Waals surface area contributed by atoms with Gasteiger partial charge in [0.05, 0.1) is 4.90 Å². The van der Waals surface area contributed by atoms with Gasteiger partial charge in [0.25, 0.3) is 0 Å². The number of urea groups is 1. The van der Waals surface area contributed by atoms with Crippen LogP contribution in [0, 0.1) is 13.8 Å². The van der Waals surface area contributed by atoms with Gasteiger partial charge in [0.15, 0.2) is 0 Å². The minimum Gasteiger partial charge on any atom is -0.356 e. The molecule has 0 aliphatic carbocycles. The topological polar surface area (TPSA) is 85.8 Å². The quantitative estimate of drug-likeness (QED) is 0.725. The van der Waals surface area contributed by atoms with Crippen LogP contribution in [0.25, 0.3) is 0 Å². The third-order valence-electron chi connectivity index (χ3n) is 6.43. The molecule has 2 fully saturated rings. The molecule has 2 amide bonds. The molecule has 3 heterocycles. The van der Waals surface area contributed by atoms with Crippen molar-refractivity contribution >= 4 is 21.9 Å². The molecule has 2 aromatic rings. The number of carbonyl (C=O) groups is 1. The summed E-state index contributed by atoms with van der Waals surface area (Å²) in [5, 5.41) is 3.00. The van der Waals surface area contributed by atoms with Crippen LogP contribution in [0.4, 0.5) is 10.6 Å². The van der Waals surface area contributed by atoms with Gasteiger partial charge in [-0.1, -0.05) is 23.8 Å². The minimum absolute atomic E-state index is 0.174. The number of piperidine rings is 1. The molecule has 0 bridgehead atoms. The number of nitrogens with zero attached hydrogens (tertiary/aromatic N) is 4. The van der Waals surface area contributed by atoms with Crippen molar-refractivity contribution in [2.24, 2.45) is 0 Å². The van der Waals surface area contributed by atoms with Crippen molar-refractivity contribution in [3.8, 4) is 0 Å². The fourth-order valence-corrected chi connectivity index (χ4v) is 6.23. The summed E-state index contributed by atoms with van der Waals surface area (Å²) in [6, 6.07) is 9.10. The van der Waals surface area contributed by atoms with E-state index in [1.165, 1.54) is 10.7 Å². The number of hydrogen-bond donors (Lipinski definition) is 1. The lowest BCUT2D eigenvalue weighted by Gasteiger charge is -2.34. The first kappa shape index (κ1) is 23.5. The van der Waals surface area contributed by atoms with Crippen molar-refractivity contribution in [1.82, 2.24) is 19.5 Å². The van der Waals surface area contributed by atoms with Crippen LogP contribution in [0.2, 0.25) is 0 Å². The second-order valence-corrected chi connectivity index (χ2v) is 10.8. The average Bonchev–Trinajstić information content (AvgIpc) is 2.83. The number of hydrogen-bond acceptors (Lipinski definition) is 5. The number of amides is 2. The molecular formula is C24H33N5O3S. The molecule has 0 saturated carbocycles. The summed E-state index contributed by atoms with van der Waals surface area (Å²) in [4.78, 5) is 21.7. The SMILES string of the molecule is Cc1ccc(S(=O)(=O)N2CCN(C(=O)NCc3cccnc3N3CCCCC3)CC2)c(C)c1. The van der Waals surface area contributed by atoms with Gasteiger partial charge >= 0.3 is 6.03 Å². The molecule has 0 atom stereocenters. The van der Waals surface area contributed by atoms with Gasteiger partial charge in [0.2, 0.25) is 10.0 Å². The predicted molar refractivity (Wildman–Crippen MR) is 129 cm³/mol. The van der Waals surface area contributed by atoms with E-state index in [2.05, 4.69) is 15.2 Å². The number of carbonyl (C=O) groups excluding carboxylic acids is 1. The molecule has 178 valence electrons. The third-order valence-corrected chi connectivity index (χ3v) is 8.49. The zero-order chi connectivity index (χ0) is 23.4. The molecule has 0 unspecified atom stereocenters. The zero-order valence-electron chi connectivity index (χ0n) is 19.5. The summed E-state index contributed by atoms with van der Waals surface area (Å²) in [7, 11) is -3.57. The van der Waals surface area contributed by atoms with Gasteiger partial charge in [-0.3, -0.25) is 0 Å². The van der Waals surface area contributed by atoms with Gasteiger partial charge in [0.1, 0.15) is 5.82 Å². The van der Waals surface area contributed by atoms with Crippen molar-refractivity contribution < 1.29 is 13.2 Å². The van der Waals surface area contributed by atoms with Crippen LogP contribution in [0.1, 0.15) is 36.0 Å². The van der Waals surface area contributed by atoms with E-state index in [0.717, 1.165) is 48.4 Å². The molecule has 8 nitrogen and oxygen atoms in total. The molecule has 2 saturated heterocycles. The Morgan fingerprint density at radius 1 is 1.00 bits per heavy atom. The van der Waals surface area contributed by atoms with Crippen molar-refractivity contribution in [3.05, 3.63) is 53.2 Å². The number of aromatic nitrogens is 1. The third kappa shape index (κ3) is 5.30. The van der Waals surface area contributed by atoms with E-state index >= 15 is 0 Å². The van der Waals surface area contributed by atoms with Gasteiger partial charge < -0.3 is 15.1 Å². The number of pyridine rings is 1. The second kappa shape index (κ2) is 10.1. The van der Waals surface area contributed by atoms with E-state index in [-0.39, 0.29) is 19.1 Å². The van der Waals surface area contributed by atoms with Crippen LogP contribution >= 0.6 is 0 Å². The number of rotatable bonds is 5. The molecule has 1 N–H and O–H groups in total. The number of sulfonamides is 1. The molecule has 2 aliphatic heterocycles. The highest BCUT2D eigenvalue weighted by molar-refractivity contribution is 7.89. The predicted octanol–water partition coefficient (Wildman–Crippen LogP) is 2.90. The smallest absolute Gasteiger partial charge is 0.317 e. The fourth-order valence-electron chi connectivity index (χ4n) is 4.60. The number of benzene rings is 1. The van der Waals surface area contributed by atoms with Gasteiger partial charge in [-0.2, -0.15) is 4.31 Å². The van der Waals surface area contributed by atoms with Crippen LogP contribution in [0.5, 0.6) is 0 Å². The maximum atomic E-state index is 13.1. The number of piperazine rings is 1. The van der Waals surface area contributed by atoms with Crippen LogP contribution in [0.15, 0.2) is 41.4 Å². The average molecular weight is 472 g/mol. The Morgan fingerprint density at radius 2 is 1.73 bits per heavy atom. The Hall–Kier alpha value is -2.65. The van der Waals surface area contributed by atoms with E-state index in [4.69, 9.17) is 0 Å². The number of aryl methyl sites for hydroxylation is 2. The molecule has 1 aromatic carbocycles. The van der Waals surface area contributed by atoms with E-state index in [1.54, 1.807) is 17.2 Å². The van der Waals surface area contributed by atoms with Crippen LogP contribution < -0.4 is 10.2 Å². The van der Waals surface area contributed by atoms with Gasteiger partial charge in [0, 0.05) is 57.6 Å². The van der Waals surface area contributed by atoms with Crippen molar-refractivity contribution in [1.29, 1.82) is 0 Å². The molecule has 0 spiro atoms. The Kier molecular flexibility index (Phi) is 7.19. The molecule has 1 aromatic heterocycles. The van der Waals surface area contributed by atoms with Gasteiger partial charge in [-0.15, -0.1) is 0 Å². The van der Waals surface area contributed by atoms with E-state index < -0.39 is 10.0 Å². The van der Waals surface area contributed by atoms with Crippen LogP contribution in [-0.4, -0.2) is 67.9 Å². The van der Waals surface area contributed by atoms with Crippen molar-refractivity contribution in [2.75, 3.05) is 44.2 Å². The fraction of sp³-hybridized carbons (Fsp3) is 0.500. The summed E-state index contributed by atoms with van der Waals surface area (Å²) in [5.41, 5.74) is 2.78. The van der Waals surface area contributed by atoms with Crippen molar-refractivity contribution in [3.63, 3.8) is 0 Å². The highest BCUT2D eigenvalue weighted by Crippen LogP contribution is 2.23. The maximum absolute atomic E-state index is 13.1. The Bertz CT molecular complexity index is 1090. The first-order valence-corrected chi connectivity index (χ1v) is 13.1. The highest BCUT2D eigenvalue weighted by atomic mass is 32.2. The van der Waals surface area contributed by atoms with Crippen LogP contribution in [-0.2, 0) is 16.6 Å². The van der Waals surface area contributed by atoms with E-state index in [1.807, 2.05) is 38.1 Å². The molecule has 2 aliphatic rings. The number of nitrogens with one attached hydrogen (secondary N) is 1. The standard InChI is InChI=1S/C24H33N5O3S/c1-19-8-9-22(20(2)17-19)33(31,32)29-15-13-28(14-16-29)24(30)26-18-21-7-6-10-25-23(21)27-11-4-3-5-12-27/h6-10,17H,3-5,11-16,18H2,1-2H3,(H,26,30). The Labute approximate surface area is 196 Å². The Balaban J connectivity index is 1.34. The lowest BCUT2D eigenvalue weighted by molar-refractivity contribution is 0.172. The summed E-state index contributed by atoms with van der Waals surface area (Å²) in [6.45, 7) is 7.46. The normalized spacial score (nSPS) is 17.8. The summed E-state index contributed by atoms with van der Waals surface area (Å²) in [5.74, 6) is 0.946. The van der Waals surface area contributed by atoms with E-state index in [0.29, 0.717) is 24.5 Å². The van der Waals surface area contributed by atoms with Gasteiger partial charge in [-0.25, -0.2) is 18.2 Å². The highest BCUT2D eigenvalue weighted by Gasteiger charge is 2.31. The largest absolute Gasteiger partial charge is 0.356 e. The second-order valence-electron chi connectivity index (χ2n) is 8.85. The van der Waals surface area contributed by atoms with Crippen molar-refractivity contribution in [2.45, 2.75) is 44.6 Å². The molecule has 9 heteroatoms. The lowest BCUT2D eigenvalue weighted by Crippen LogP contribution is -2.53. The monoisotopic (exact) mass is 471 g/mol. The zero-order valence-corrected chi connectivity index (χ0v) is 20.3. The summed E-state index contributed by atoms with van der Waals surface area (Å²) < 4.78 is 27.7. The lowest BCUT2D eigenvalue weighted by atomic mass is 10.1. The molecule has 0 radical (unpaired) electrons. The van der Waals surface area contributed by atoms with Crippen LogP contribution in [0.3, 0.4) is 0 Å². The first-order valence-electron chi connectivity index (χ1n) is 11.7. The maximum Gasteiger partial charge on any atom is 0.317 e. The molecular weight excluding hydrogens is 438 g/mol. The molecule has 4 rings (SSSR count). The number of anilines is 1. The summed E-state index contributed by atoms with van der Waals surface area (Å²) >= 11 is 0. The molecule has 33 heavy (non-hydrogen) atoms. The first-order chi connectivity index (χ1) is 15.9. The minimum atomic E-state index is -3.57.